The summed E-state index contributed by atoms with van der Waals surface area (Å²) < 4.78 is 11.5. The summed E-state index contributed by atoms with van der Waals surface area (Å²) in [4.78, 5) is 0. The van der Waals surface area contributed by atoms with Crippen LogP contribution in [0.3, 0.4) is 0 Å². The number of methoxy groups -OCH3 is 2. The Kier molecular flexibility index (Phi) is 3.89. The molecule has 0 heterocycles. The summed E-state index contributed by atoms with van der Waals surface area (Å²) in [6.07, 6.45) is 4.76. The van der Waals surface area contributed by atoms with Crippen LogP contribution in [0.15, 0.2) is 48.5 Å². The van der Waals surface area contributed by atoms with Gasteiger partial charge in [-0.1, -0.05) is 36.4 Å². The number of hydrogen-bond acceptors (Lipinski definition) is 2. The van der Waals surface area contributed by atoms with Crippen LogP contribution in [0, 0.1) is 0 Å². The van der Waals surface area contributed by atoms with Gasteiger partial charge >= 0.3 is 0 Å². The first-order valence-corrected chi connectivity index (χ1v) is 8.58. The van der Waals surface area contributed by atoms with Crippen molar-refractivity contribution in [2.75, 3.05) is 14.2 Å². The number of fused-ring (bicyclic) bond motifs is 2. The molecule has 3 aromatic rings. The first-order valence-electron chi connectivity index (χ1n) is 8.58. The SMILES string of the molecule is COc1ccc2c(c1-c1c(OC)ccc3ccccc13)CCCC2. The fraction of sp³-hybridized carbons (Fsp3) is 0.273. The number of ether oxygens (including phenoxy) is 2. The summed E-state index contributed by atoms with van der Waals surface area (Å²) in [5.41, 5.74) is 5.25. The van der Waals surface area contributed by atoms with E-state index in [-0.39, 0.29) is 0 Å². The van der Waals surface area contributed by atoms with E-state index in [2.05, 4.69) is 48.5 Å². The molecule has 24 heavy (non-hydrogen) atoms. The highest BCUT2D eigenvalue weighted by atomic mass is 16.5. The highest BCUT2D eigenvalue weighted by Crippen LogP contribution is 2.45. The first-order chi connectivity index (χ1) is 11.8. The standard InChI is InChI=1S/C22H22O2/c1-23-19-13-11-15-7-3-5-9-17(15)21(19)22-18-10-6-4-8-16(18)12-14-20(22)24-2/h3,5,7,9,11-14H,4,6,8,10H2,1-2H3. The summed E-state index contributed by atoms with van der Waals surface area (Å²) in [5.74, 6) is 1.84. The van der Waals surface area contributed by atoms with Gasteiger partial charge in [0, 0.05) is 11.1 Å². The van der Waals surface area contributed by atoms with Crippen molar-refractivity contribution < 1.29 is 9.47 Å². The second-order valence-electron chi connectivity index (χ2n) is 6.35. The Morgan fingerprint density at radius 2 is 1.42 bits per heavy atom. The van der Waals surface area contributed by atoms with Gasteiger partial charge in [-0.25, -0.2) is 0 Å². The van der Waals surface area contributed by atoms with Gasteiger partial charge in [0.2, 0.25) is 0 Å². The van der Waals surface area contributed by atoms with E-state index in [9.17, 15) is 0 Å². The van der Waals surface area contributed by atoms with Crippen molar-refractivity contribution in [2.24, 2.45) is 0 Å². The molecular weight excluding hydrogens is 296 g/mol. The van der Waals surface area contributed by atoms with Crippen molar-refractivity contribution in [3.8, 4) is 22.6 Å². The predicted octanol–water partition coefficient (Wildman–Crippen LogP) is 5.40. The Hall–Kier alpha value is -2.48. The van der Waals surface area contributed by atoms with Gasteiger partial charge in [0.15, 0.2) is 0 Å². The fourth-order valence-electron chi connectivity index (χ4n) is 3.93. The zero-order valence-electron chi connectivity index (χ0n) is 14.3. The molecule has 0 bridgehead atoms. The normalized spacial score (nSPS) is 13.6. The van der Waals surface area contributed by atoms with Gasteiger partial charge in [-0.05, 0) is 59.7 Å². The Morgan fingerprint density at radius 3 is 2.25 bits per heavy atom. The highest BCUT2D eigenvalue weighted by Gasteiger charge is 2.22. The third-order valence-electron chi connectivity index (χ3n) is 5.08. The Balaban J connectivity index is 2.11. The third-order valence-corrected chi connectivity index (χ3v) is 5.08. The summed E-state index contributed by atoms with van der Waals surface area (Å²) >= 11 is 0. The molecule has 0 amide bonds. The lowest BCUT2D eigenvalue weighted by atomic mass is 9.83. The molecule has 0 unspecified atom stereocenters. The van der Waals surface area contributed by atoms with Crippen molar-refractivity contribution in [1.82, 2.24) is 0 Å². The molecule has 1 aliphatic carbocycles. The molecule has 122 valence electrons. The predicted molar refractivity (Wildman–Crippen MR) is 99.1 cm³/mol. The lowest BCUT2D eigenvalue weighted by Gasteiger charge is -2.24. The maximum absolute atomic E-state index is 5.76. The summed E-state index contributed by atoms with van der Waals surface area (Å²) in [6, 6.07) is 17.0. The molecule has 4 rings (SSSR count). The highest BCUT2D eigenvalue weighted by molar-refractivity contribution is 6.02. The van der Waals surface area contributed by atoms with E-state index >= 15 is 0 Å². The van der Waals surface area contributed by atoms with Crippen LogP contribution in [-0.4, -0.2) is 14.2 Å². The largest absolute Gasteiger partial charge is 0.496 e. The van der Waals surface area contributed by atoms with Crippen LogP contribution in [0.25, 0.3) is 21.9 Å². The molecule has 0 aliphatic heterocycles. The maximum atomic E-state index is 5.76. The molecule has 0 spiro atoms. The lowest BCUT2D eigenvalue weighted by molar-refractivity contribution is 0.410. The molecule has 0 saturated heterocycles. The van der Waals surface area contributed by atoms with Crippen molar-refractivity contribution >= 4 is 10.8 Å². The second kappa shape index (κ2) is 6.20. The summed E-state index contributed by atoms with van der Waals surface area (Å²) in [7, 11) is 3.50. The third kappa shape index (κ3) is 2.34. The van der Waals surface area contributed by atoms with Crippen LogP contribution in [0.1, 0.15) is 24.0 Å². The average Bonchev–Trinajstić information content (AvgIpc) is 2.66. The van der Waals surface area contributed by atoms with Crippen LogP contribution in [0.2, 0.25) is 0 Å². The molecular formula is C22H22O2. The smallest absolute Gasteiger partial charge is 0.127 e. The van der Waals surface area contributed by atoms with E-state index < -0.39 is 0 Å². The molecule has 0 radical (unpaired) electrons. The maximum Gasteiger partial charge on any atom is 0.127 e. The van der Waals surface area contributed by atoms with Crippen molar-refractivity contribution in [3.05, 3.63) is 59.7 Å². The van der Waals surface area contributed by atoms with Gasteiger partial charge in [-0.3, -0.25) is 0 Å². The topological polar surface area (TPSA) is 18.5 Å². The molecule has 0 aromatic heterocycles. The quantitative estimate of drug-likeness (QED) is 0.643. The first kappa shape index (κ1) is 15.1. The minimum absolute atomic E-state index is 0.908. The second-order valence-corrected chi connectivity index (χ2v) is 6.35. The van der Waals surface area contributed by atoms with Gasteiger partial charge in [-0.2, -0.15) is 0 Å². The minimum Gasteiger partial charge on any atom is -0.496 e. The fourth-order valence-corrected chi connectivity index (χ4v) is 3.93. The van der Waals surface area contributed by atoms with Gasteiger partial charge < -0.3 is 9.47 Å². The van der Waals surface area contributed by atoms with E-state index in [4.69, 9.17) is 9.47 Å². The van der Waals surface area contributed by atoms with Crippen molar-refractivity contribution in [2.45, 2.75) is 25.7 Å². The van der Waals surface area contributed by atoms with E-state index in [0.717, 1.165) is 29.9 Å². The van der Waals surface area contributed by atoms with E-state index in [1.807, 2.05) is 0 Å². The van der Waals surface area contributed by atoms with Crippen LogP contribution in [0.5, 0.6) is 11.5 Å². The molecule has 2 nitrogen and oxygen atoms in total. The van der Waals surface area contributed by atoms with Crippen molar-refractivity contribution in [1.29, 1.82) is 0 Å². The molecule has 2 heteroatoms. The van der Waals surface area contributed by atoms with Gasteiger partial charge in [-0.15, -0.1) is 0 Å². The van der Waals surface area contributed by atoms with Crippen LogP contribution >= 0.6 is 0 Å². The number of hydrogen-bond donors (Lipinski definition) is 0. The number of benzene rings is 3. The molecule has 0 fully saturated rings. The van der Waals surface area contributed by atoms with E-state index in [1.54, 1.807) is 14.2 Å². The monoisotopic (exact) mass is 318 g/mol. The number of rotatable bonds is 3. The Bertz CT molecular complexity index is 896. The molecule has 0 N–H and O–H groups in total. The summed E-state index contributed by atoms with van der Waals surface area (Å²) in [5, 5.41) is 2.44. The summed E-state index contributed by atoms with van der Waals surface area (Å²) in [6.45, 7) is 0. The van der Waals surface area contributed by atoms with Crippen LogP contribution in [0.4, 0.5) is 0 Å². The average molecular weight is 318 g/mol. The zero-order chi connectivity index (χ0) is 16.5. The Labute approximate surface area is 143 Å². The van der Waals surface area contributed by atoms with Crippen LogP contribution in [-0.2, 0) is 12.8 Å². The van der Waals surface area contributed by atoms with Crippen molar-refractivity contribution in [3.63, 3.8) is 0 Å². The molecule has 1 aliphatic rings. The van der Waals surface area contributed by atoms with E-state index in [0.29, 0.717) is 0 Å². The minimum atomic E-state index is 0.908. The molecule has 0 saturated carbocycles. The molecule has 0 atom stereocenters. The Morgan fingerprint density at radius 1 is 0.708 bits per heavy atom. The number of aryl methyl sites for hydroxylation is 1. The van der Waals surface area contributed by atoms with Gasteiger partial charge in [0.25, 0.3) is 0 Å². The van der Waals surface area contributed by atoms with Gasteiger partial charge in [0.1, 0.15) is 11.5 Å². The van der Waals surface area contributed by atoms with E-state index in [1.165, 1.54) is 40.3 Å². The lowest BCUT2D eigenvalue weighted by Crippen LogP contribution is -2.06. The van der Waals surface area contributed by atoms with Gasteiger partial charge in [0.05, 0.1) is 14.2 Å². The zero-order valence-corrected chi connectivity index (χ0v) is 14.3. The molecule has 3 aromatic carbocycles. The van der Waals surface area contributed by atoms with Crippen LogP contribution < -0.4 is 9.47 Å².